The molecule has 0 spiro atoms. The minimum Gasteiger partial charge on any atom is -0.454 e. The fourth-order valence-electron chi connectivity index (χ4n) is 4.59. The molecule has 0 aliphatic carbocycles. The van der Waals surface area contributed by atoms with Gasteiger partial charge in [-0.15, -0.1) is 0 Å². The van der Waals surface area contributed by atoms with Gasteiger partial charge >= 0.3 is 5.97 Å². The quantitative estimate of drug-likeness (QED) is 0.340. The second kappa shape index (κ2) is 8.72. The number of ether oxygens (including phenoxy) is 1. The van der Waals surface area contributed by atoms with Gasteiger partial charge in [-0.2, -0.15) is 0 Å². The van der Waals surface area contributed by atoms with Gasteiger partial charge in [0, 0.05) is 34.0 Å². The Bertz CT molecular complexity index is 1490. The first-order chi connectivity index (χ1) is 16.9. The van der Waals surface area contributed by atoms with Crippen molar-refractivity contribution in [2.45, 2.75) is 26.4 Å². The Morgan fingerprint density at radius 2 is 1.51 bits per heavy atom. The van der Waals surface area contributed by atoms with Crippen molar-refractivity contribution in [3.8, 4) is 0 Å². The van der Waals surface area contributed by atoms with E-state index in [0.29, 0.717) is 5.69 Å². The van der Waals surface area contributed by atoms with Crippen molar-refractivity contribution in [2.24, 2.45) is 0 Å². The van der Waals surface area contributed by atoms with E-state index in [1.165, 1.54) is 19.1 Å². The van der Waals surface area contributed by atoms with Gasteiger partial charge < -0.3 is 14.6 Å². The highest BCUT2D eigenvalue weighted by molar-refractivity contribution is 6.22. The fourth-order valence-corrected chi connectivity index (χ4v) is 4.59. The molecule has 0 fully saturated rings. The molecule has 1 aliphatic rings. The number of fused-ring (bicyclic) bond motifs is 4. The Labute approximate surface area is 201 Å². The number of aromatic nitrogens is 1. The number of esters is 1. The molecule has 0 bridgehead atoms. The summed E-state index contributed by atoms with van der Waals surface area (Å²) in [6.45, 7) is 3.76. The summed E-state index contributed by atoms with van der Waals surface area (Å²) in [7, 11) is 0. The zero-order valence-electron chi connectivity index (χ0n) is 19.3. The molecule has 5 rings (SSSR count). The van der Waals surface area contributed by atoms with Crippen LogP contribution in [0.2, 0.25) is 0 Å². The monoisotopic (exact) mass is 469 g/mol. The van der Waals surface area contributed by atoms with Crippen molar-refractivity contribution in [1.29, 1.82) is 0 Å². The number of anilines is 1. The average molecular weight is 469 g/mol. The highest BCUT2D eigenvalue weighted by Gasteiger charge is 2.41. The molecule has 0 saturated heterocycles. The molecule has 176 valence electrons. The van der Waals surface area contributed by atoms with Crippen LogP contribution in [0, 0.1) is 0 Å². The Morgan fingerprint density at radius 1 is 0.886 bits per heavy atom. The molecule has 1 aliphatic heterocycles. The van der Waals surface area contributed by atoms with Crippen molar-refractivity contribution in [3.63, 3.8) is 0 Å². The summed E-state index contributed by atoms with van der Waals surface area (Å²) < 4.78 is 7.33. The lowest BCUT2D eigenvalue weighted by atomic mass is 10.1. The van der Waals surface area contributed by atoms with Crippen molar-refractivity contribution in [1.82, 2.24) is 9.47 Å². The molecular formula is C27H23N3O5. The van der Waals surface area contributed by atoms with Crippen molar-refractivity contribution >= 4 is 51.2 Å². The maximum absolute atomic E-state index is 12.6. The molecule has 1 aromatic heterocycles. The molecule has 3 amide bonds. The lowest BCUT2D eigenvalue weighted by Crippen LogP contribution is -2.44. The van der Waals surface area contributed by atoms with Crippen LogP contribution in [0.5, 0.6) is 0 Å². The van der Waals surface area contributed by atoms with Gasteiger partial charge in [-0.05, 0) is 50.2 Å². The Morgan fingerprint density at radius 3 is 2.20 bits per heavy atom. The first kappa shape index (κ1) is 22.3. The molecule has 3 aromatic carbocycles. The molecular weight excluding hydrogens is 446 g/mol. The van der Waals surface area contributed by atoms with Crippen LogP contribution < -0.4 is 5.32 Å². The highest BCUT2D eigenvalue weighted by atomic mass is 16.5. The van der Waals surface area contributed by atoms with Crippen LogP contribution in [0.3, 0.4) is 0 Å². The smallest absolute Gasteiger partial charge is 0.329 e. The van der Waals surface area contributed by atoms with Gasteiger partial charge in [-0.1, -0.05) is 30.3 Å². The number of aryl methyl sites for hydroxylation is 1. The topological polar surface area (TPSA) is 97.7 Å². The number of carbonyl (C=O) groups excluding carboxylic acids is 4. The predicted octanol–water partition coefficient (Wildman–Crippen LogP) is 3.98. The highest BCUT2D eigenvalue weighted by Crippen LogP contribution is 2.31. The molecule has 1 atom stereocenters. The molecule has 4 aromatic rings. The summed E-state index contributed by atoms with van der Waals surface area (Å²) in [5, 5.41) is 4.84. The molecule has 1 N–H and O–H groups in total. The largest absolute Gasteiger partial charge is 0.454 e. The molecule has 0 saturated carbocycles. The van der Waals surface area contributed by atoms with Crippen LogP contribution in [-0.2, 0) is 20.9 Å². The minimum absolute atomic E-state index is 0.245. The maximum Gasteiger partial charge on any atom is 0.329 e. The number of carbonyl (C=O) groups is 4. The number of amides is 3. The summed E-state index contributed by atoms with van der Waals surface area (Å²) in [4.78, 5) is 51.0. The maximum atomic E-state index is 12.6. The van der Waals surface area contributed by atoms with Crippen LogP contribution in [0.4, 0.5) is 5.69 Å². The standard InChI is InChI=1S/C27H23N3O5/c1-3-29-22-11-7-6-8-18(22)21-14-17(12-13-23(21)29)28-24(31)15-35-27(34)16(2)30-25(32)19-9-4-5-10-20(19)26(30)33/h4-14,16H,3,15H2,1-2H3,(H,28,31). The minimum atomic E-state index is -1.16. The van der Waals surface area contributed by atoms with E-state index >= 15 is 0 Å². The number of hydrogen-bond donors (Lipinski definition) is 1. The van der Waals surface area contributed by atoms with Gasteiger partial charge in [0.15, 0.2) is 6.61 Å². The van der Waals surface area contributed by atoms with Crippen molar-refractivity contribution in [2.75, 3.05) is 11.9 Å². The zero-order chi connectivity index (χ0) is 24.7. The number of hydrogen-bond acceptors (Lipinski definition) is 5. The number of benzene rings is 3. The molecule has 8 nitrogen and oxygen atoms in total. The normalized spacial score (nSPS) is 13.8. The molecule has 0 radical (unpaired) electrons. The molecule has 1 unspecified atom stereocenters. The van der Waals surface area contributed by atoms with Crippen molar-refractivity contribution in [3.05, 3.63) is 77.9 Å². The van der Waals surface area contributed by atoms with E-state index < -0.39 is 36.3 Å². The van der Waals surface area contributed by atoms with Crippen LogP contribution in [0.1, 0.15) is 34.6 Å². The van der Waals surface area contributed by atoms with E-state index in [0.717, 1.165) is 33.3 Å². The summed E-state index contributed by atoms with van der Waals surface area (Å²) in [5.41, 5.74) is 3.24. The Kier molecular flexibility index (Phi) is 5.56. The first-order valence-electron chi connectivity index (χ1n) is 11.3. The zero-order valence-corrected chi connectivity index (χ0v) is 19.3. The van der Waals surface area contributed by atoms with Crippen LogP contribution in [0.15, 0.2) is 66.7 Å². The second-order valence-electron chi connectivity index (χ2n) is 8.35. The summed E-state index contributed by atoms with van der Waals surface area (Å²) >= 11 is 0. The number of nitrogens with one attached hydrogen (secondary N) is 1. The molecule has 8 heteroatoms. The van der Waals surface area contributed by atoms with Gasteiger partial charge in [-0.25, -0.2) is 4.79 Å². The number of rotatable bonds is 6. The third-order valence-electron chi connectivity index (χ3n) is 6.27. The SMILES string of the molecule is CCn1c2ccccc2c2cc(NC(=O)COC(=O)C(C)N3C(=O)c4ccccc4C3=O)ccc21. The number of para-hydroxylation sites is 1. The van der Waals surface area contributed by atoms with Crippen LogP contribution >= 0.6 is 0 Å². The number of nitrogens with zero attached hydrogens (tertiary/aromatic N) is 2. The molecule has 2 heterocycles. The van der Waals surface area contributed by atoms with Gasteiger partial charge in [-0.3, -0.25) is 19.3 Å². The Hall–Kier alpha value is -4.46. The predicted molar refractivity (Wildman–Crippen MR) is 131 cm³/mol. The van der Waals surface area contributed by atoms with E-state index in [9.17, 15) is 19.2 Å². The van der Waals surface area contributed by atoms with Gasteiger partial charge in [0.25, 0.3) is 17.7 Å². The second-order valence-corrected chi connectivity index (χ2v) is 8.35. The lowest BCUT2D eigenvalue weighted by Gasteiger charge is -2.20. The van der Waals surface area contributed by atoms with Crippen LogP contribution in [0.25, 0.3) is 21.8 Å². The van der Waals surface area contributed by atoms with E-state index in [2.05, 4.69) is 22.9 Å². The van der Waals surface area contributed by atoms with E-state index in [1.54, 1.807) is 18.2 Å². The fraction of sp³-hybridized carbons (Fsp3) is 0.185. The van der Waals surface area contributed by atoms with Crippen molar-refractivity contribution < 1.29 is 23.9 Å². The van der Waals surface area contributed by atoms with Gasteiger partial charge in [0.2, 0.25) is 0 Å². The third kappa shape index (κ3) is 3.73. The van der Waals surface area contributed by atoms with E-state index in [1.807, 2.05) is 30.3 Å². The average Bonchev–Trinajstić information content (AvgIpc) is 3.33. The lowest BCUT2D eigenvalue weighted by molar-refractivity contribution is -0.150. The summed E-state index contributed by atoms with van der Waals surface area (Å²) in [6.07, 6.45) is 0. The summed E-state index contributed by atoms with van der Waals surface area (Å²) in [6, 6.07) is 18.9. The number of imide groups is 1. The van der Waals surface area contributed by atoms with Gasteiger partial charge in [0.05, 0.1) is 11.1 Å². The summed E-state index contributed by atoms with van der Waals surface area (Å²) in [5.74, 6) is -2.47. The van der Waals surface area contributed by atoms with E-state index in [4.69, 9.17) is 4.74 Å². The van der Waals surface area contributed by atoms with Gasteiger partial charge in [0.1, 0.15) is 6.04 Å². The third-order valence-corrected chi connectivity index (χ3v) is 6.27. The molecule has 35 heavy (non-hydrogen) atoms. The van der Waals surface area contributed by atoms with Crippen LogP contribution in [-0.4, -0.2) is 45.8 Å². The Balaban J connectivity index is 1.26. The first-order valence-corrected chi connectivity index (χ1v) is 11.3. The van der Waals surface area contributed by atoms with E-state index in [-0.39, 0.29) is 11.1 Å².